The number of amides is 1. The van der Waals surface area contributed by atoms with Gasteiger partial charge in [-0.25, -0.2) is 0 Å². The normalized spacial score (nSPS) is 12.5. The fourth-order valence-corrected chi connectivity index (χ4v) is 2.30. The highest BCUT2D eigenvalue weighted by Crippen LogP contribution is 2.29. The van der Waals surface area contributed by atoms with Gasteiger partial charge in [-0.3, -0.25) is 4.79 Å². The Hall–Kier alpha value is -2.77. The van der Waals surface area contributed by atoms with E-state index >= 15 is 0 Å². The van der Waals surface area contributed by atoms with Crippen LogP contribution in [-0.2, 0) is 4.79 Å². The van der Waals surface area contributed by atoms with E-state index in [4.69, 9.17) is 21.6 Å². The molecule has 108 valence electrons. The van der Waals surface area contributed by atoms with E-state index in [0.717, 1.165) is 5.56 Å². The van der Waals surface area contributed by atoms with E-state index in [1.165, 1.54) is 0 Å². The first kappa shape index (κ1) is 14.2. The average molecular weight is 311 g/mol. The largest absolute Gasteiger partial charge is 0.488 e. The summed E-state index contributed by atoms with van der Waals surface area (Å²) in [4.78, 5) is 12.3. The van der Waals surface area contributed by atoms with Crippen molar-refractivity contribution in [3.8, 4) is 11.8 Å². The quantitative estimate of drug-likeness (QED) is 0.921. The van der Waals surface area contributed by atoms with Crippen LogP contribution in [0.3, 0.4) is 0 Å². The van der Waals surface area contributed by atoms with Crippen LogP contribution in [0.1, 0.15) is 11.1 Å². The van der Waals surface area contributed by atoms with Crippen LogP contribution in [0.2, 0.25) is 5.02 Å². The molecule has 0 saturated heterocycles. The molecule has 0 aliphatic carbocycles. The summed E-state index contributed by atoms with van der Waals surface area (Å²) < 4.78 is 5.56. The molecule has 0 aromatic heterocycles. The highest BCUT2D eigenvalue weighted by molar-refractivity contribution is 6.30. The van der Waals surface area contributed by atoms with Crippen LogP contribution >= 0.6 is 11.6 Å². The molecule has 0 unspecified atom stereocenters. The number of fused-ring (bicyclic) bond motifs is 1. The van der Waals surface area contributed by atoms with Gasteiger partial charge >= 0.3 is 0 Å². The van der Waals surface area contributed by atoms with Gasteiger partial charge in [0.2, 0.25) is 0 Å². The molecule has 1 aliphatic heterocycles. The number of nitrogens with one attached hydrogen (secondary N) is 1. The van der Waals surface area contributed by atoms with Gasteiger partial charge in [0.1, 0.15) is 12.4 Å². The van der Waals surface area contributed by atoms with Crippen LogP contribution in [0.4, 0.5) is 5.69 Å². The third-order valence-corrected chi connectivity index (χ3v) is 3.48. The van der Waals surface area contributed by atoms with Crippen molar-refractivity contribution in [1.82, 2.24) is 0 Å². The van der Waals surface area contributed by atoms with Crippen molar-refractivity contribution in [3.63, 3.8) is 0 Å². The van der Waals surface area contributed by atoms with Crippen LogP contribution in [-0.4, -0.2) is 12.5 Å². The lowest BCUT2D eigenvalue weighted by Crippen LogP contribution is -2.21. The molecule has 2 aromatic rings. The number of hydrogen-bond donors (Lipinski definition) is 1. The summed E-state index contributed by atoms with van der Waals surface area (Å²) in [6.45, 7) is 0.205. The Labute approximate surface area is 132 Å². The number of anilines is 1. The smallest absolute Gasteiger partial charge is 0.255 e. The number of carbonyl (C=O) groups is 1. The summed E-state index contributed by atoms with van der Waals surface area (Å²) in [6.07, 6.45) is 1.77. The second kappa shape index (κ2) is 5.92. The third-order valence-electron chi connectivity index (χ3n) is 3.25. The van der Waals surface area contributed by atoms with Crippen LogP contribution in [0.5, 0.6) is 5.75 Å². The molecule has 2 aromatic carbocycles. The molecular formula is C17H11ClN2O2. The average Bonchev–Trinajstić information content (AvgIpc) is 2.54. The van der Waals surface area contributed by atoms with Crippen LogP contribution in [0, 0.1) is 11.3 Å². The Bertz CT molecular complexity index is 804. The molecule has 0 fully saturated rings. The van der Waals surface area contributed by atoms with Gasteiger partial charge in [-0.15, -0.1) is 0 Å². The van der Waals surface area contributed by atoms with Crippen LogP contribution in [0.15, 0.2) is 48.0 Å². The molecule has 0 spiro atoms. The van der Waals surface area contributed by atoms with Crippen molar-refractivity contribution >= 4 is 29.3 Å². The molecule has 1 heterocycles. The molecule has 0 saturated carbocycles. The van der Waals surface area contributed by atoms with Gasteiger partial charge in [0.05, 0.1) is 17.2 Å². The Balaban J connectivity index is 1.79. The van der Waals surface area contributed by atoms with Crippen molar-refractivity contribution in [3.05, 3.63) is 64.2 Å². The Kier molecular flexibility index (Phi) is 3.82. The number of rotatable bonds is 2. The van der Waals surface area contributed by atoms with Crippen molar-refractivity contribution in [2.24, 2.45) is 0 Å². The maximum atomic E-state index is 12.3. The number of hydrogen-bond acceptors (Lipinski definition) is 3. The summed E-state index contributed by atoms with van der Waals surface area (Å²) in [5, 5.41) is 12.1. The maximum Gasteiger partial charge on any atom is 0.255 e. The zero-order chi connectivity index (χ0) is 15.5. The van der Waals surface area contributed by atoms with E-state index in [1.54, 1.807) is 48.5 Å². The first-order valence-electron chi connectivity index (χ1n) is 6.60. The van der Waals surface area contributed by atoms with E-state index in [1.807, 2.05) is 6.07 Å². The lowest BCUT2D eigenvalue weighted by molar-refractivity contribution is -0.113. The predicted molar refractivity (Wildman–Crippen MR) is 84.7 cm³/mol. The SMILES string of the molecule is N#Cc1ccc(NC(=O)C2=Cc3cc(Cl)ccc3OC2)cc1. The second-order valence-corrected chi connectivity index (χ2v) is 5.22. The van der Waals surface area contributed by atoms with E-state index < -0.39 is 0 Å². The molecular weight excluding hydrogens is 300 g/mol. The zero-order valence-electron chi connectivity index (χ0n) is 11.5. The zero-order valence-corrected chi connectivity index (χ0v) is 12.2. The summed E-state index contributed by atoms with van der Waals surface area (Å²) in [7, 11) is 0. The van der Waals surface area contributed by atoms with Gasteiger partial charge in [0, 0.05) is 16.3 Å². The number of nitriles is 1. The third kappa shape index (κ3) is 2.95. The topological polar surface area (TPSA) is 62.1 Å². The van der Waals surface area contributed by atoms with Crippen LogP contribution in [0.25, 0.3) is 6.08 Å². The van der Waals surface area contributed by atoms with E-state index in [9.17, 15) is 4.79 Å². The molecule has 1 aliphatic rings. The minimum absolute atomic E-state index is 0.205. The van der Waals surface area contributed by atoms with Gasteiger partial charge < -0.3 is 10.1 Å². The van der Waals surface area contributed by atoms with Gasteiger partial charge in [0.15, 0.2) is 0 Å². The molecule has 1 amide bonds. The summed E-state index contributed by atoms with van der Waals surface area (Å²) >= 11 is 5.95. The standard InChI is InChI=1S/C17H11ClN2O2/c18-14-3-6-16-12(8-14)7-13(10-22-16)17(21)20-15-4-1-11(9-19)2-5-15/h1-8H,10H2,(H,20,21). The monoisotopic (exact) mass is 310 g/mol. The van der Waals surface area contributed by atoms with Gasteiger partial charge in [-0.1, -0.05) is 11.6 Å². The highest BCUT2D eigenvalue weighted by atomic mass is 35.5. The van der Waals surface area contributed by atoms with Gasteiger partial charge in [0.25, 0.3) is 5.91 Å². The second-order valence-electron chi connectivity index (χ2n) is 4.78. The predicted octanol–water partition coefficient (Wildman–Crippen LogP) is 3.63. The number of halogens is 1. The molecule has 0 radical (unpaired) electrons. The molecule has 0 atom stereocenters. The molecule has 4 nitrogen and oxygen atoms in total. The number of benzene rings is 2. The first-order chi connectivity index (χ1) is 10.7. The maximum absolute atomic E-state index is 12.3. The highest BCUT2D eigenvalue weighted by Gasteiger charge is 2.17. The van der Waals surface area contributed by atoms with Crippen molar-refractivity contribution in [2.45, 2.75) is 0 Å². The molecule has 5 heteroatoms. The minimum Gasteiger partial charge on any atom is -0.488 e. The lowest BCUT2D eigenvalue weighted by Gasteiger charge is -2.17. The first-order valence-corrected chi connectivity index (χ1v) is 6.98. The van der Waals surface area contributed by atoms with Crippen LogP contribution < -0.4 is 10.1 Å². The number of nitrogens with zero attached hydrogens (tertiary/aromatic N) is 1. The molecule has 22 heavy (non-hydrogen) atoms. The van der Waals surface area contributed by atoms with Crippen molar-refractivity contribution in [1.29, 1.82) is 5.26 Å². The molecule has 0 bridgehead atoms. The van der Waals surface area contributed by atoms with Crippen molar-refractivity contribution in [2.75, 3.05) is 11.9 Å². The fraction of sp³-hybridized carbons (Fsp3) is 0.0588. The van der Waals surface area contributed by atoms with E-state index in [0.29, 0.717) is 27.6 Å². The number of ether oxygens (including phenoxy) is 1. The number of carbonyl (C=O) groups excluding carboxylic acids is 1. The Morgan fingerprint density at radius 1 is 1.23 bits per heavy atom. The Morgan fingerprint density at radius 2 is 2.00 bits per heavy atom. The minimum atomic E-state index is -0.240. The lowest BCUT2D eigenvalue weighted by atomic mass is 10.1. The molecule has 1 N–H and O–H groups in total. The summed E-state index contributed by atoms with van der Waals surface area (Å²) in [5.74, 6) is 0.467. The van der Waals surface area contributed by atoms with E-state index in [-0.39, 0.29) is 12.5 Å². The van der Waals surface area contributed by atoms with Gasteiger partial charge in [-0.05, 0) is 48.5 Å². The van der Waals surface area contributed by atoms with Crippen molar-refractivity contribution < 1.29 is 9.53 Å². The Morgan fingerprint density at radius 3 is 2.73 bits per heavy atom. The fourth-order valence-electron chi connectivity index (χ4n) is 2.12. The van der Waals surface area contributed by atoms with Gasteiger partial charge in [-0.2, -0.15) is 5.26 Å². The summed E-state index contributed by atoms with van der Waals surface area (Å²) in [5.41, 5.74) is 2.46. The molecule has 3 rings (SSSR count). The van der Waals surface area contributed by atoms with E-state index in [2.05, 4.69) is 5.32 Å². The summed E-state index contributed by atoms with van der Waals surface area (Å²) in [6, 6.07) is 14.0.